The van der Waals surface area contributed by atoms with Gasteiger partial charge in [-0.3, -0.25) is 0 Å². The molecule has 1 radical (unpaired) electrons. The van der Waals surface area contributed by atoms with Gasteiger partial charge in [0.05, 0.1) is 0 Å². The number of halogens is 2. The lowest BCUT2D eigenvalue weighted by Gasteiger charge is -2.27. The summed E-state index contributed by atoms with van der Waals surface area (Å²) in [4.78, 5) is 0. The minimum absolute atomic E-state index is 0.170. The molecule has 0 unspecified atom stereocenters. The zero-order valence-corrected chi connectivity index (χ0v) is 19.3. The second kappa shape index (κ2) is 10.4. The monoisotopic (exact) mass is 433 g/mol. The first-order valence-corrected chi connectivity index (χ1v) is 13.7. The Morgan fingerprint density at radius 3 is 2.10 bits per heavy atom. The quantitative estimate of drug-likeness (QED) is 0.327. The molecule has 0 amide bonds. The van der Waals surface area contributed by atoms with Crippen LogP contribution in [-0.4, -0.2) is 8.80 Å². The van der Waals surface area contributed by atoms with Crippen LogP contribution in [0.2, 0.25) is 18.1 Å². The zero-order chi connectivity index (χ0) is 21.6. The van der Waals surface area contributed by atoms with E-state index in [9.17, 15) is 8.78 Å². The smallest absolute Gasteiger partial charge is 0.131 e. The Hall–Kier alpha value is -2.26. The van der Waals surface area contributed by atoms with E-state index < -0.39 is 0 Å². The van der Waals surface area contributed by atoms with Gasteiger partial charge < -0.3 is 0 Å². The SMILES string of the molecule is CCCC1CC[Si](CCc2ccc(-c3ccc(-c4ccc(F)cc4)c(F)c3)cc2)CC1. The predicted molar refractivity (Wildman–Crippen MR) is 129 cm³/mol. The third-order valence-corrected chi connectivity index (χ3v) is 9.64. The summed E-state index contributed by atoms with van der Waals surface area (Å²) in [6, 6.07) is 24.2. The summed E-state index contributed by atoms with van der Waals surface area (Å²) in [7, 11) is -0.170. The Morgan fingerprint density at radius 1 is 0.806 bits per heavy atom. The molecule has 1 aliphatic rings. The lowest BCUT2D eigenvalue weighted by atomic mass is 9.97. The fourth-order valence-corrected chi connectivity index (χ4v) is 7.80. The van der Waals surface area contributed by atoms with Crippen LogP contribution in [-0.2, 0) is 6.42 Å². The summed E-state index contributed by atoms with van der Waals surface area (Å²) >= 11 is 0. The minimum atomic E-state index is -0.313. The lowest BCUT2D eigenvalue weighted by molar-refractivity contribution is 0.432. The summed E-state index contributed by atoms with van der Waals surface area (Å²) in [5.74, 6) is 0.399. The molecule has 0 aliphatic carbocycles. The van der Waals surface area contributed by atoms with Crippen molar-refractivity contribution in [3.05, 3.63) is 83.9 Å². The molecule has 31 heavy (non-hydrogen) atoms. The molecule has 0 atom stereocenters. The molecule has 4 rings (SSSR count). The standard InChI is InChI=1S/C28H31F2Si/c1-2-3-21-14-17-31(18-15-21)19-16-22-4-6-23(7-5-22)25-10-13-27(28(30)20-25)24-8-11-26(29)12-9-24/h4-13,20-21H,2-3,14-19H2,1H3. The third kappa shape index (κ3) is 5.71. The fourth-order valence-electron chi connectivity index (χ4n) is 4.78. The van der Waals surface area contributed by atoms with Crippen molar-refractivity contribution in [2.45, 2.75) is 57.2 Å². The van der Waals surface area contributed by atoms with Crippen molar-refractivity contribution in [1.29, 1.82) is 0 Å². The topological polar surface area (TPSA) is 0 Å². The van der Waals surface area contributed by atoms with Gasteiger partial charge in [-0.2, -0.15) is 0 Å². The van der Waals surface area contributed by atoms with Crippen molar-refractivity contribution in [1.82, 2.24) is 0 Å². The largest absolute Gasteiger partial charge is 0.207 e. The highest BCUT2D eigenvalue weighted by Crippen LogP contribution is 2.31. The Bertz CT molecular complexity index is 971. The molecule has 0 nitrogen and oxygen atoms in total. The second-order valence-corrected chi connectivity index (χ2v) is 11.9. The van der Waals surface area contributed by atoms with E-state index in [1.165, 1.54) is 67.9 Å². The minimum Gasteiger partial charge on any atom is -0.207 e. The van der Waals surface area contributed by atoms with Gasteiger partial charge in [0.25, 0.3) is 0 Å². The lowest BCUT2D eigenvalue weighted by Crippen LogP contribution is -2.21. The highest BCUT2D eigenvalue weighted by atomic mass is 28.3. The van der Waals surface area contributed by atoms with Gasteiger partial charge in [-0.25, -0.2) is 8.78 Å². The Balaban J connectivity index is 1.36. The fraction of sp³-hybridized carbons (Fsp3) is 0.357. The molecule has 1 saturated heterocycles. The van der Waals surface area contributed by atoms with Gasteiger partial charge in [-0.15, -0.1) is 0 Å². The number of benzene rings is 3. The van der Waals surface area contributed by atoms with Crippen molar-refractivity contribution in [2.75, 3.05) is 0 Å². The van der Waals surface area contributed by atoms with Crippen LogP contribution < -0.4 is 0 Å². The van der Waals surface area contributed by atoms with Crippen molar-refractivity contribution in [3.8, 4) is 22.3 Å². The normalized spacial score (nSPS) is 15.3. The highest BCUT2D eigenvalue weighted by molar-refractivity contribution is 6.59. The highest BCUT2D eigenvalue weighted by Gasteiger charge is 2.21. The summed E-state index contributed by atoms with van der Waals surface area (Å²) < 4.78 is 27.8. The van der Waals surface area contributed by atoms with Gasteiger partial charge >= 0.3 is 0 Å². The van der Waals surface area contributed by atoms with E-state index in [1.807, 2.05) is 6.07 Å². The van der Waals surface area contributed by atoms with E-state index in [1.54, 1.807) is 24.3 Å². The van der Waals surface area contributed by atoms with Gasteiger partial charge in [0.15, 0.2) is 0 Å². The molecule has 0 aromatic heterocycles. The summed E-state index contributed by atoms with van der Waals surface area (Å²) in [5.41, 5.74) is 4.48. The number of rotatable bonds is 7. The van der Waals surface area contributed by atoms with Crippen LogP contribution in [0.15, 0.2) is 66.7 Å². The van der Waals surface area contributed by atoms with Crippen LogP contribution in [0.25, 0.3) is 22.3 Å². The summed E-state index contributed by atoms with van der Waals surface area (Å²) in [6.07, 6.45) is 6.84. The summed E-state index contributed by atoms with van der Waals surface area (Å²) in [6.45, 7) is 2.30. The molecule has 1 aliphatic heterocycles. The van der Waals surface area contributed by atoms with Gasteiger partial charge in [0.2, 0.25) is 0 Å². The van der Waals surface area contributed by atoms with Crippen molar-refractivity contribution >= 4 is 8.80 Å². The first-order chi connectivity index (χ1) is 15.1. The molecule has 0 N–H and O–H groups in total. The number of hydrogen-bond acceptors (Lipinski definition) is 0. The third-order valence-electron chi connectivity index (χ3n) is 6.69. The summed E-state index contributed by atoms with van der Waals surface area (Å²) in [5, 5.41) is 0. The van der Waals surface area contributed by atoms with Gasteiger partial charge in [0.1, 0.15) is 11.6 Å². The molecule has 1 fully saturated rings. The van der Waals surface area contributed by atoms with E-state index in [2.05, 4.69) is 31.2 Å². The number of aryl methyl sites for hydroxylation is 1. The van der Waals surface area contributed by atoms with Crippen molar-refractivity contribution < 1.29 is 8.78 Å². The van der Waals surface area contributed by atoms with E-state index >= 15 is 0 Å². The van der Waals surface area contributed by atoms with E-state index in [-0.39, 0.29) is 20.4 Å². The average Bonchev–Trinajstić information content (AvgIpc) is 2.80. The zero-order valence-electron chi connectivity index (χ0n) is 18.3. The van der Waals surface area contributed by atoms with Crippen LogP contribution >= 0.6 is 0 Å². The van der Waals surface area contributed by atoms with Crippen LogP contribution in [0.4, 0.5) is 8.78 Å². The molecule has 0 spiro atoms. The van der Waals surface area contributed by atoms with Crippen LogP contribution in [0.1, 0.15) is 38.2 Å². The molecule has 3 aromatic rings. The average molecular weight is 434 g/mol. The van der Waals surface area contributed by atoms with E-state index in [4.69, 9.17) is 0 Å². The predicted octanol–water partition coefficient (Wildman–Crippen LogP) is 8.55. The maximum atomic E-state index is 14.7. The number of hydrogen-bond donors (Lipinski definition) is 0. The Morgan fingerprint density at radius 2 is 1.45 bits per heavy atom. The molecule has 0 saturated carbocycles. The first kappa shape index (κ1) is 21.9. The van der Waals surface area contributed by atoms with Crippen LogP contribution in [0, 0.1) is 17.6 Å². The van der Waals surface area contributed by atoms with Gasteiger partial charge in [0, 0.05) is 14.4 Å². The molecular formula is C28H31F2Si. The second-order valence-electron chi connectivity index (χ2n) is 8.88. The molecule has 161 valence electrons. The van der Waals surface area contributed by atoms with Crippen molar-refractivity contribution in [2.24, 2.45) is 5.92 Å². The maximum Gasteiger partial charge on any atom is 0.131 e. The van der Waals surface area contributed by atoms with E-state index in [0.29, 0.717) is 11.1 Å². The Kier molecular flexibility index (Phi) is 7.34. The molecule has 1 heterocycles. The Labute approximate surface area is 186 Å². The van der Waals surface area contributed by atoms with Crippen molar-refractivity contribution in [3.63, 3.8) is 0 Å². The van der Waals surface area contributed by atoms with Crippen LogP contribution in [0.3, 0.4) is 0 Å². The maximum absolute atomic E-state index is 14.7. The van der Waals surface area contributed by atoms with Gasteiger partial charge in [-0.05, 0) is 52.8 Å². The van der Waals surface area contributed by atoms with Crippen LogP contribution in [0.5, 0.6) is 0 Å². The van der Waals surface area contributed by atoms with Gasteiger partial charge in [-0.1, -0.05) is 99.3 Å². The molecule has 0 bridgehead atoms. The first-order valence-electron chi connectivity index (χ1n) is 11.6. The molecular weight excluding hydrogens is 402 g/mol. The molecule has 3 aromatic carbocycles. The molecule has 3 heteroatoms. The van der Waals surface area contributed by atoms with E-state index in [0.717, 1.165) is 17.0 Å².